The highest BCUT2D eigenvalue weighted by Crippen LogP contribution is 2.32. The molecule has 1 aliphatic rings. The van der Waals surface area contributed by atoms with Gasteiger partial charge in [0.15, 0.2) is 11.0 Å². The van der Waals surface area contributed by atoms with Gasteiger partial charge in [0.2, 0.25) is 0 Å². The molecule has 2 aromatic heterocycles. The first-order valence-electron chi connectivity index (χ1n) is 10.8. The van der Waals surface area contributed by atoms with Crippen molar-refractivity contribution in [3.63, 3.8) is 0 Å². The smallest absolute Gasteiger partial charge is 0.305 e. The van der Waals surface area contributed by atoms with E-state index in [0.29, 0.717) is 17.3 Å². The maximum absolute atomic E-state index is 12.9. The number of hydrogen-bond acceptors (Lipinski definition) is 5. The van der Waals surface area contributed by atoms with Gasteiger partial charge in [-0.05, 0) is 68.6 Å². The largest absolute Gasteiger partial charge is 0.433 e. The summed E-state index contributed by atoms with van der Waals surface area (Å²) in [5.74, 6) is 2.01. The zero-order chi connectivity index (χ0) is 23.6. The van der Waals surface area contributed by atoms with E-state index in [2.05, 4.69) is 60.3 Å². The number of hydrogen-bond donors (Lipinski definition) is 0. The summed E-state index contributed by atoms with van der Waals surface area (Å²) >= 11 is 5.11. The van der Waals surface area contributed by atoms with E-state index in [9.17, 15) is 13.2 Å². The third kappa shape index (κ3) is 5.78. The molecule has 176 valence electrons. The van der Waals surface area contributed by atoms with Crippen molar-refractivity contribution >= 4 is 27.7 Å². The Bertz CT molecular complexity index is 1100. The first-order valence-corrected chi connectivity index (χ1v) is 12.6. The number of pyridine rings is 1. The summed E-state index contributed by atoms with van der Waals surface area (Å²) in [4.78, 5) is 6.21. The monoisotopic (exact) mass is 539 g/mol. The van der Waals surface area contributed by atoms with Gasteiger partial charge in [0.25, 0.3) is 0 Å². The van der Waals surface area contributed by atoms with Crippen molar-refractivity contribution < 1.29 is 13.2 Å². The molecule has 3 aromatic rings. The molecule has 0 unspecified atom stereocenters. The molecule has 4 rings (SSSR count). The Labute approximate surface area is 203 Å². The van der Waals surface area contributed by atoms with Gasteiger partial charge in [-0.1, -0.05) is 39.8 Å². The Morgan fingerprint density at radius 2 is 1.88 bits per heavy atom. The molecule has 0 saturated carbocycles. The predicted octanol–water partition coefficient (Wildman–Crippen LogP) is 5.94. The summed E-state index contributed by atoms with van der Waals surface area (Å²) in [5.41, 5.74) is 1.34. The molecule has 1 fully saturated rings. The number of alkyl halides is 3. The molecule has 1 saturated heterocycles. The molecule has 0 aliphatic carbocycles. The Morgan fingerprint density at radius 1 is 1.12 bits per heavy atom. The maximum atomic E-state index is 12.9. The van der Waals surface area contributed by atoms with Crippen LogP contribution in [0.2, 0.25) is 0 Å². The van der Waals surface area contributed by atoms with Gasteiger partial charge < -0.3 is 9.47 Å². The molecule has 33 heavy (non-hydrogen) atoms. The van der Waals surface area contributed by atoms with E-state index < -0.39 is 11.9 Å². The average Bonchev–Trinajstić information content (AvgIpc) is 3.38. The number of rotatable bonds is 7. The molecular formula is C23H25BrF3N5S. The average molecular weight is 540 g/mol. The molecule has 0 bridgehead atoms. The van der Waals surface area contributed by atoms with Gasteiger partial charge in [0.1, 0.15) is 5.69 Å². The lowest BCUT2D eigenvalue weighted by Crippen LogP contribution is -2.22. The van der Waals surface area contributed by atoms with Crippen LogP contribution in [0.4, 0.5) is 13.2 Å². The zero-order valence-electron chi connectivity index (χ0n) is 18.4. The van der Waals surface area contributed by atoms with E-state index in [1.807, 2.05) is 11.6 Å². The van der Waals surface area contributed by atoms with Gasteiger partial charge in [0, 0.05) is 35.1 Å². The van der Waals surface area contributed by atoms with Gasteiger partial charge in [-0.3, -0.25) is 0 Å². The third-order valence-corrected chi connectivity index (χ3v) is 7.55. The lowest BCUT2D eigenvalue weighted by Gasteiger charge is -2.16. The number of aryl methyl sites for hydroxylation is 1. The van der Waals surface area contributed by atoms with Crippen LogP contribution in [0.25, 0.3) is 11.4 Å². The van der Waals surface area contributed by atoms with Gasteiger partial charge in [-0.2, -0.15) is 13.2 Å². The van der Waals surface area contributed by atoms with Crippen molar-refractivity contribution in [3.8, 4) is 11.4 Å². The summed E-state index contributed by atoms with van der Waals surface area (Å²) in [6, 6.07) is 11.0. The topological polar surface area (TPSA) is 46.8 Å². The van der Waals surface area contributed by atoms with Crippen molar-refractivity contribution in [2.24, 2.45) is 7.05 Å². The molecule has 1 aromatic carbocycles. The van der Waals surface area contributed by atoms with Crippen molar-refractivity contribution in [2.45, 2.75) is 37.0 Å². The fraction of sp³-hybridized carbons (Fsp3) is 0.435. The first-order chi connectivity index (χ1) is 15.7. The number of halogens is 4. The van der Waals surface area contributed by atoms with Gasteiger partial charge in [0.05, 0.1) is 0 Å². The zero-order valence-corrected chi connectivity index (χ0v) is 20.8. The summed E-state index contributed by atoms with van der Waals surface area (Å²) in [6.07, 6.45) is -2.25. The normalized spacial score (nSPS) is 17.1. The van der Waals surface area contributed by atoms with E-state index in [4.69, 9.17) is 0 Å². The summed E-state index contributed by atoms with van der Waals surface area (Å²) < 4.78 is 41.6. The molecular weight excluding hydrogens is 515 g/mol. The molecule has 3 heterocycles. The van der Waals surface area contributed by atoms with Crippen molar-refractivity contribution in [3.05, 3.63) is 57.8 Å². The van der Waals surface area contributed by atoms with Crippen molar-refractivity contribution in [1.29, 1.82) is 0 Å². The van der Waals surface area contributed by atoms with Crippen LogP contribution in [0.5, 0.6) is 0 Å². The number of benzene rings is 1. The predicted molar refractivity (Wildman–Crippen MR) is 127 cm³/mol. The lowest BCUT2D eigenvalue weighted by atomic mass is 9.99. The highest BCUT2D eigenvalue weighted by molar-refractivity contribution is 9.10. The van der Waals surface area contributed by atoms with Gasteiger partial charge in [-0.15, -0.1) is 10.2 Å². The van der Waals surface area contributed by atoms with Crippen LogP contribution in [-0.4, -0.2) is 50.0 Å². The minimum Gasteiger partial charge on any atom is -0.305 e. The van der Waals surface area contributed by atoms with Gasteiger partial charge in [-0.25, -0.2) is 4.98 Å². The molecule has 1 aliphatic heterocycles. The number of thioether (sulfide) groups is 1. The minimum absolute atomic E-state index is 0.284. The van der Waals surface area contributed by atoms with Crippen LogP contribution in [-0.2, 0) is 13.2 Å². The SMILES string of the molecule is Cc1nc(C(F)(F)F)ccc1-c1nnc(SCCCN2CC[C@@H](c3ccc(Br)cc3)C2)n1C. The molecule has 1 atom stereocenters. The summed E-state index contributed by atoms with van der Waals surface area (Å²) in [5, 5.41) is 9.19. The molecule has 0 amide bonds. The van der Waals surface area contributed by atoms with E-state index in [1.54, 1.807) is 18.7 Å². The highest BCUT2D eigenvalue weighted by atomic mass is 79.9. The Hall–Kier alpha value is -1.91. The fourth-order valence-corrected chi connectivity index (χ4v) is 5.22. The highest BCUT2D eigenvalue weighted by Gasteiger charge is 2.33. The second kappa shape index (κ2) is 10.1. The van der Waals surface area contributed by atoms with Crippen molar-refractivity contribution in [1.82, 2.24) is 24.6 Å². The Balaban J connectivity index is 1.29. The van der Waals surface area contributed by atoms with Crippen LogP contribution >= 0.6 is 27.7 Å². The van der Waals surface area contributed by atoms with E-state index in [-0.39, 0.29) is 5.69 Å². The number of aromatic nitrogens is 4. The molecule has 0 spiro atoms. The Kier molecular flexibility index (Phi) is 7.45. The quantitative estimate of drug-likeness (QED) is 0.274. The second-order valence-electron chi connectivity index (χ2n) is 8.23. The standard InChI is InChI=1S/C23H25BrF3N5S/c1-15-19(8-9-20(28-15)23(25,26)27)21-29-30-22(31(21)2)33-13-3-11-32-12-10-17(14-32)16-4-6-18(24)7-5-16/h4-9,17H,3,10-14H2,1-2H3/t17-/m1/s1. The van der Waals surface area contributed by atoms with Crippen LogP contribution < -0.4 is 0 Å². The molecule has 0 N–H and O–H groups in total. The lowest BCUT2D eigenvalue weighted by molar-refractivity contribution is -0.141. The summed E-state index contributed by atoms with van der Waals surface area (Å²) in [6.45, 7) is 4.79. The second-order valence-corrected chi connectivity index (χ2v) is 10.2. The van der Waals surface area contributed by atoms with Crippen LogP contribution in [0, 0.1) is 6.92 Å². The molecule has 5 nitrogen and oxygen atoms in total. The van der Waals surface area contributed by atoms with Crippen LogP contribution in [0.15, 0.2) is 46.0 Å². The van der Waals surface area contributed by atoms with Crippen molar-refractivity contribution in [2.75, 3.05) is 25.4 Å². The minimum atomic E-state index is -4.46. The molecule has 10 heteroatoms. The van der Waals surface area contributed by atoms with E-state index >= 15 is 0 Å². The maximum Gasteiger partial charge on any atom is 0.433 e. The van der Waals surface area contributed by atoms with E-state index in [0.717, 1.165) is 47.5 Å². The van der Waals surface area contributed by atoms with E-state index in [1.165, 1.54) is 18.1 Å². The third-order valence-electron chi connectivity index (χ3n) is 5.92. The summed E-state index contributed by atoms with van der Waals surface area (Å²) in [7, 11) is 1.83. The fourth-order valence-electron chi connectivity index (χ4n) is 4.12. The van der Waals surface area contributed by atoms with Crippen LogP contribution in [0.3, 0.4) is 0 Å². The van der Waals surface area contributed by atoms with Crippen LogP contribution in [0.1, 0.15) is 35.7 Å². The first kappa shape index (κ1) is 24.2. The number of likely N-dealkylation sites (tertiary alicyclic amines) is 1. The Morgan fingerprint density at radius 3 is 2.58 bits per heavy atom. The molecule has 0 radical (unpaired) electrons. The number of nitrogens with zero attached hydrogens (tertiary/aromatic N) is 5. The van der Waals surface area contributed by atoms with Gasteiger partial charge >= 0.3 is 6.18 Å².